The van der Waals surface area contributed by atoms with E-state index in [9.17, 15) is 13.0 Å². The third kappa shape index (κ3) is 21.1. The van der Waals surface area contributed by atoms with E-state index in [2.05, 4.69) is 6.92 Å². The van der Waals surface area contributed by atoms with Crippen molar-refractivity contribution in [3.63, 3.8) is 0 Å². The molecule has 0 saturated heterocycles. The molecule has 0 rings (SSSR count). The second-order valence-corrected chi connectivity index (χ2v) is 6.09. The van der Waals surface area contributed by atoms with Crippen LogP contribution in [0.2, 0.25) is 0 Å². The molecule has 0 spiro atoms. The number of hydrogen-bond acceptors (Lipinski definition) is 3. The summed E-state index contributed by atoms with van der Waals surface area (Å²) in [5.74, 6) is 0. The molecule has 0 aliphatic heterocycles. The molecule has 0 aromatic heterocycles. The average Bonchev–Trinajstić information content (AvgIpc) is 2.29. The fourth-order valence-corrected chi connectivity index (χ4v) is 2.31. The van der Waals surface area contributed by atoms with Crippen molar-refractivity contribution in [3.8, 4) is 0 Å². The van der Waals surface area contributed by atoms with Gasteiger partial charge in [0.1, 0.15) is 10.1 Å². The zero-order chi connectivity index (χ0) is 13.7. The maximum absolute atomic E-state index is 10.3. The monoisotopic (exact) mass is 298 g/mol. The van der Waals surface area contributed by atoms with E-state index in [-0.39, 0.29) is 29.6 Å². The van der Waals surface area contributed by atoms with E-state index in [1.807, 2.05) is 0 Å². The van der Waals surface area contributed by atoms with Crippen LogP contribution < -0.4 is 29.6 Å². The predicted octanol–water partition coefficient (Wildman–Crippen LogP) is 1.36. The Bertz CT molecular complexity index is 300. The second kappa shape index (κ2) is 15.0. The van der Waals surface area contributed by atoms with Gasteiger partial charge in [-0.05, 0) is 12.8 Å². The van der Waals surface area contributed by atoms with Gasteiger partial charge in [-0.2, -0.15) is 0 Å². The van der Waals surface area contributed by atoms with Crippen LogP contribution in [0.5, 0.6) is 0 Å². The molecule has 0 aliphatic carbocycles. The summed E-state index contributed by atoms with van der Waals surface area (Å²) in [4.78, 5) is 0. The maximum atomic E-state index is 10.3. The van der Waals surface area contributed by atoms with Crippen molar-refractivity contribution in [2.45, 2.75) is 77.6 Å². The summed E-state index contributed by atoms with van der Waals surface area (Å²) in [6.07, 6.45) is 14.8. The smallest absolute Gasteiger partial charge is 0.744 e. The van der Waals surface area contributed by atoms with Gasteiger partial charge in [-0.3, -0.25) is 0 Å². The van der Waals surface area contributed by atoms with Crippen LogP contribution in [-0.2, 0) is 10.1 Å². The van der Waals surface area contributed by atoms with Gasteiger partial charge in [0, 0.05) is 5.41 Å². The number of allylic oxidation sites excluding steroid dienone is 1. The fraction of sp³-hybridized carbons (Fsp3) is 0.857. The van der Waals surface area contributed by atoms with Crippen molar-refractivity contribution in [2.75, 3.05) is 0 Å². The SMILES string of the molecule is CCCCCCCCCCCCC=CS(=O)(=O)[O-].[Na+]. The van der Waals surface area contributed by atoms with E-state index >= 15 is 0 Å². The zero-order valence-corrected chi connectivity index (χ0v) is 15.4. The largest absolute Gasteiger partial charge is 1.00 e. The standard InChI is InChI=1S/C14H28O3S.Na/c1-2-3-4-5-6-7-8-9-10-11-12-13-14-18(15,16)17;/h13-14H,2-12H2,1H3,(H,15,16,17);/q;+1/p-1. The quantitative estimate of drug-likeness (QED) is 0.310. The van der Waals surface area contributed by atoms with Gasteiger partial charge >= 0.3 is 29.6 Å². The van der Waals surface area contributed by atoms with Crippen LogP contribution in [-0.4, -0.2) is 13.0 Å². The summed E-state index contributed by atoms with van der Waals surface area (Å²) in [6, 6.07) is 0. The first-order valence-electron chi connectivity index (χ1n) is 7.18. The number of hydrogen-bond donors (Lipinski definition) is 0. The molecule has 108 valence electrons. The molecule has 0 aromatic carbocycles. The van der Waals surface area contributed by atoms with Gasteiger partial charge in [0.05, 0.1) is 0 Å². The Kier molecular flexibility index (Phi) is 17.4. The Hall–Kier alpha value is 0.650. The van der Waals surface area contributed by atoms with E-state index in [1.54, 1.807) is 0 Å². The van der Waals surface area contributed by atoms with Gasteiger partial charge in [0.2, 0.25) is 0 Å². The third-order valence-electron chi connectivity index (χ3n) is 2.99. The van der Waals surface area contributed by atoms with E-state index < -0.39 is 10.1 Å². The Morgan fingerprint density at radius 1 is 0.842 bits per heavy atom. The molecule has 19 heavy (non-hydrogen) atoms. The van der Waals surface area contributed by atoms with Crippen LogP contribution in [0.1, 0.15) is 77.6 Å². The van der Waals surface area contributed by atoms with Crippen LogP contribution in [0.25, 0.3) is 0 Å². The summed E-state index contributed by atoms with van der Waals surface area (Å²) in [7, 11) is -4.17. The number of rotatable bonds is 12. The first-order chi connectivity index (χ1) is 8.56. The van der Waals surface area contributed by atoms with Crippen molar-refractivity contribution in [2.24, 2.45) is 0 Å². The molecular weight excluding hydrogens is 271 g/mol. The minimum atomic E-state index is -4.17. The maximum Gasteiger partial charge on any atom is 1.00 e. The van der Waals surface area contributed by atoms with Gasteiger partial charge in [-0.1, -0.05) is 70.8 Å². The average molecular weight is 298 g/mol. The van der Waals surface area contributed by atoms with Gasteiger partial charge in [0.15, 0.2) is 0 Å². The molecule has 5 heteroatoms. The summed E-state index contributed by atoms with van der Waals surface area (Å²) in [6.45, 7) is 2.23. The van der Waals surface area contributed by atoms with Crippen LogP contribution in [0.15, 0.2) is 11.5 Å². The fourth-order valence-electron chi connectivity index (χ4n) is 1.94. The molecular formula is C14H27NaO3S. The van der Waals surface area contributed by atoms with E-state index in [1.165, 1.54) is 57.4 Å². The zero-order valence-electron chi connectivity index (χ0n) is 12.6. The minimum Gasteiger partial charge on any atom is -0.744 e. The van der Waals surface area contributed by atoms with Gasteiger partial charge in [-0.15, -0.1) is 0 Å². The van der Waals surface area contributed by atoms with Crippen molar-refractivity contribution < 1.29 is 42.5 Å². The second-order valence-electron chi connectivity index (χ2n) is 4.84. The first-order valence-corrected chi connectivity index (χ1v) is 8.66. The summed E-state index contributed by atoms with van der Waals surface area (Å²) >= 11 is 0. The third-order valence-corrected chi connectivity index (χ3v) is 3.51. The van der Waals surface area contributed by atoms with Crippen molar-refractivity contribution in [3.05, 3.63) is 11.5 Å². The van der Waals surface area contributed by atoms with Crippen molar-refractivity contribution >= 4 is 10.1 Å². The molecule has 0 heterocycles. The normalized spacial score (nSPS) is 11.7. The van der Waals surface area contributed by atoms with Gasteiger partial charge < -0.3 is 4.55 Å². The van der Waals surface area contributed by atoms with Crippen molar-refractivity contribution in [1.82, 2.24) is 0 Å². The predicted molar refractivity (Wildman–Crippen MR) is 75.3 cm³/mol. The molecule has 0 bridgehead atoms. The molecule has 3 nitrogen and oxygen atoms in total. The van der Waals surface area contributed by atoms with Crippen molar-refractivity contribution in [1.29, 1.82) is 0 Å². The van der Waals surface area contributed by atoms with Crippen LogP contribution in [0.3, 0.4) is 0 Å². The summed E-state index contributed by atoms with van der Waals surface area (Å²) in [5, 5.41) is 0.765. The molecule has 0 amide bonds. The van der Waals surface area contributed by atoms with Crippen LogP contribution >= 0.6 is 0 Å². The molecule has 0 radical (unpaired) electrons. The Labute approximate surface area is 141 Å². The van der Waals surface area contributed by atoms with Crippen LogP contribution in [0, 0.1) is 0 Å². The van der Waals surface area contributed by atoms with Gasteiger partial charge in [-0.25, -0.2) is 8.42 Å². The first kappa shape index (κ1) is 21.9. The summed E-state index contributed by atoms with van der Waals surface area (Å²) < 4.78 is 30.8. The topological polar surface area (TPSA) is 57.2 Å². The molecule has 0 N–H and O–H groups in total. The Balaban J connectivity index is 0. The van der Waals surface area contributed by atoms with E-state index in [0.717, 1.165) is 18.2 Å². The summed E-state index contributed by atoms with van der Waals surface area (Å²) in [5.41, 5.74) is 0. The van der Waals surface area contributed by atoms with Crippen LogP contribution in [0.4, 0.5) is 0 Å². The Morgan fingerprint density at radius 2 is 1.26 bits per heavy atom. The molecule has 0 aliphatic rings. The Morgan fingerprint density at radius 3 is 1.68 bits per heavy atom. The van der Waals surface area contributed by atoms with E-state index in [0.29, 0.717) is 6.42 Å². The van der Waals surface area contributed by atoms with E-state index in [4.69, 9.17) is 0 Å². The molecule has 0 aromatic rings. The van der Waals surface area contributed by atoms with Gasteiger partial charge in [0.25, 0.3) is 0 Å². The molecule has 0 unspecified atom stereocenters. The molecule has 0 fully saturated rings. The molecule has 0 saturated carbocycles. The minimum absolute atomic E-state index is 0. The number of unbranched alkanes of at least 4 members (excludes halogenated alkanes) is 10. The molecule has 0 atom stereocenters.